The van der Waals surface area contributed by atoms with Gasteiger partial charge in [-0.2, -0.15) is 0 Å². The molecule has 0 aliphatic rings. The number of hydrogen-bond donors (Lipinski definition) is 2. The lowest BCUT2D eigenvalue weighted by Gasteiger charge is -2.20. The molecule has 0 bridgehead atoms. The largest absolute Gasteiger partial charge is 0.370 e. The Hall–Kier alpha value is -1.85. The SMILES string of the molecule is CCNc1nc(CC)nc(NC(C)C(=O)N(C)C)c1C. The van der Waals surface area contributed by atoms with Gasteiger partial charge in [0.2, 0.25) is 5.91 Å². The van der Waals surface area contributed by atoms with Crippen LogP contribution in [-0.2, 0) is 11.2 Å². The van der Waals surface area contributed by atoms with Gasteiger partial charge in [-0.1, -0.05) is 6.92 Å². The van der Waals surface area contributed by atoms with Gasteiger partial charge in [-0.25, -0.2) is 9.97 Å². The predicted octanol–water partition coefficient (Wildman–Crippen LogP) is 1.67. The van der Waals surface area contributed by atoms with Crippen LogP contribution in [0.5, 0.6) is 0 Å². The molecule has 6 nitrogen and oxygen atoms in total. The van der Waals surface area contributed by atoms with Gasteiger partial charge in [-0.15, -0.1) is 0 Å². The summed E-state index contributed by atoms with van der Waals surface area (Å²) in [6.07, 6.45) is 0.753. The average Bonchev–Trinajstić information content (AvgIpc) is 2.42. The molecule has 0 saturated carbocycles. The third kappa shape index (κ3) is 3.82. The van der Waals surface area contributed by atoms with E-state index in [4.69, 9.17) is 0 Å². The lowest BCUT2D eigenvalue weighted by Crippen LogP contribution is -2.37. The summed E-state index contributed by atoms with van der Waals surface area (Å²) in [5.74, 6) is 2.33. The van der Waals surface area contributed by atoms with Crippen molar-refractivity contribution in [1.82, 2.24) is 14.9 Å². The number of amides is 1. The van der Waals surface area contributed by atoms with Crippen molar-refractivity contribution in [2.75, 3.05) is 31.3 Å². The van der Waals surface area contributed by atoms with Gasteiger partial charge < -0.3 is 15.5 Å². The van der Waals surface area contributed by atoms with Gasteiger partial charge in [0.1, 0.15) is 23.5 Å². The van der Waals surface area contributed by atoms with Gasteiger partial charge >= 0.3 is 0 Å². The van der Waals surface area contributed by atoms with Crippen molar-refractivity contribution in [3.63, 3.8) is 0 Å². The molecule has 1 unspecified atom stereocenters. The highest BCUT2D eigenvalue weighted by Crippen LogP contribution is 2.21. The fourth-order valence-corrected chi connectivity index (χ4v) is 1.86. The molecule has 1 aromatic rings. The van der Waals surface area contributed by atoms with E-state index in [2.05, 4.69) is 20.6 Å². The molecule has 0 fully saturated rings. The van der Waals surface area contributed by atoms with Crippen molar-refractivity contribution in [1.29, 1.82) is 0 Å². The molecule has 2 N–H and O–H groups in total. The molecule has 6 heteroatoms. The number of rotatable bonds is 6. The Morgan fingerprint density at radius 3 is 2.35 bits per heavy atom. The molecule has 0 aromatic carbocycles. The van der Waals surface area contributed by atoms with Gasteiger partial charge in [0, 0.05) is 32.6 Å². The van der Waals surface area contributed by atoms with E-state index in [1.54, 1.807) is 19.0 Å². The molecular weight excluding hydrogens is 254 g/mol. The van der Waals surface area contributed by atoms with Crippen LogP contribution in [0.15, 0.2) is 0 Å². The quantitative estimate of drug-likeness (QED) is 0.829. The van der Waals surface area contributed by atoms with Crippen LogP contribution in [0.1, 0.15) is 32.2 Å². The number of carbonyl (C=O) groups is 1. The van der Waals surface area contributed by atoms with Crippen LogP contribution in [-0.4, -0.2) is 47.5 Å². The first-order chi connectivity index (χ1) is 9.40. The molecule has 0 radical (unpaired) electrons. The van der Waals surface area contributed by atoms with Crippen molar-refractivity contribution in [2.24, 2.45) is 0 Å². The zero-order chi connectivity index (χ0) is 15.3. The van der Waals surface area contributed by atoms with Crippen LogP contribution in [0.25, 0.3) is 0 Å². The number of carbonyl (C=O) groups excluding carboxylic acids is 1. The molecular formula is C14H25N5O. The summed E-state index contributed by atoms with van der Waals surface area (Å²) in [6.45, 7) is 8.62. The highest BCUT2D eigenvalue weighted by Gasteiger charge is 2.18. The zero-order valence-corrected chi connectivity index (χ0v) is 13.2. The molecule has 0 aliphatic carbocycles. The smallest absolute Gasteiger partial charge is 0.244 e. The maximum atomic E-state index is 11.9. The van der Waals surface area contributed by atoms with E-state index in [0.717, 1.165) is 36.0 Å². The minimum atomic E-state index is -0.321. The molecule has 1 heterocycles. The van der Waals surface area contributed by atoms with E-state index in [1.807, 2.05) is 27.7 Å². The number of hydrogen-bond acceptors (Lipinski definition) is 5. The Labute approximate surface area is 121 Å². The van der Waals surface area contributed by atoms with Gasteiger partial charge in [-0.05, 0) is 20.8 Å². The summed E-state index contributed by atoms with van der Waals surface area (Å²) in [5, 5.41) is 6.41. The van der Waals surface area contributed by atoms with Gasteiger partial charge in [-0.3, -0.25) is 4.79 Å². The van der Waals surface area contributed by atoms with Crippen molar-refractivity contribution < 1.29 is 4.79 Å². The van der Waals surface area contributed by atoms with E-state index >= 15 is 0 Å². The second-order valence-electron chi connectivity index (χ2n) is 4.94. The topological polar surface area (TPSA) is 70.1 Å². The Morgan fingerprint density at radius 1 is 1.25 bits per heavy atom. The second-order valence-corrected chi connectivity index (χ2v) is 4.94. The van der Waals surface area contributed by atoms with Gasteiger partial charge in [0.25, 0.3) is 0 Å². The molecule has 0 saturated heterocycles. The number of nitrogens with one attached hydrogen (secondary N) is 2. The minimum absolute atomic E-state index is 0.0195. The first-order valence-corrected chi connectivity index (χ1v) is 6.99. The van der Waals surface area contributed by atoms with Crippen LogP contribution in [0, 0.1) is 6.92 Å². The first kappa shape index (κ1) is 16.2. The monoisotopic (exact) mass is 279 g/mol. The Balaban J connectivity index is 3.04. The minimum Gasteiger partial charge on any atom is -0.370 e. The second kappa shape index (κ2) is 7.07. The summed E-state index contributed by atoms with van der Waals surface area (Å²) >= 11 is 0. The van der Waals surface area contributed by atoms with Crippen molar-refractivity contribution in [2.45, 2.75) is 40.2 Å². The van der Waals surface area contributed by atoms with E-state index < -0.39 is 0 Å². The van der Waals surface area contributed by atoms with E-state index in [-0.39, 0.29) is 11.9 Å². The van der Waals surface area contributed by atoms with Crippen molar-refractivity contribution >= 4 is 17.5 Å². The fourth-order valence-electron chi connectivity index (χ4n) is 1.86. The average molecular weight is 279 g/mol. The molecule has 20 heavy (non-hydrogen) atoms. The molecule has 1 amide bonds. The first-order valence-electron chi connectivity index (χ1n) is 6.99. The molecule has 112 valence electrons. The molecule has 1 atom stereocenters. The number of nitrogens with zero attached hydrogens (tertiary/aromatic N) is 3. The molecule has 0 aliphatic heterocycles. The lowest BCUT2D eigenvalue weighted by atomic mass is 10.2. The lowest BCUT2D eigenvalue weighted by molar-refractivity contribution is -0.129. The fraction of sp³-hybridized carbons (Fsp3) is 0.643. The van der Waals surface area contributed by atoms with Crippen LogP contribution < -0.4 is 10.6 Å². The number of anilines is 2. The van der Waals surface area contributed by atoms with E-state index in [9.17, 15) is 4.79 Å². The summed E-state index contributed by atoms with van der Waals surface area (Å²) in [6, 6.07) is -0.321. The highest BCUT2D eigenvalue weighted by molar-refractivity contribution is 5.84. The van der Waals surface area contributed by atoms with E-state index in [1.165, 1.54) is 0 Å². The Morgan fingerprint density at radius 2 is 1.85 bits per heavy atom. The molecule has 1 aromatic heterocycles. The van der Waals surface area contributed by atoms with Crippen LogP contribution in [0.3, 0.4) is 0 Å². The maximum absolute atomic E-state index is 11.9. The normalized spacial score (nSPS) is 11.9. The Kier molecular flexibility index (Phi) is 5.73. The maximum Gasteiger partial charge on any atom is 0.244 e. The van der Waals surface area contributed by atoms with Gasteiger partial charge in [0.05, 0.1) is 0 Å². The predicted molar refractivity (Wildman–Crippen MR) is 82.1 cm³/mol. The van der Waals surface area contributed by atoms with Crippen LogP contribution in [0.4, 0.5) is 11.6 Å². The summed E-state index contributed by atoms with van der Waals surface area (Å²) in [4.78, 5) is 22.5. The number of aromatic nitrogens is 2. The highest BCUT2D eigenvalue weighted by atomic mass is 16.2. The number of aryl methyl sites for hydroxylation is 1. The summed E-state index contributed by atoms with van der Waals surface area (Å²) in [7, 11) is 3.49. The molecule has 1 rings (SSSR count). The molecule has 0 spiro atoms. The van der Waals surface area contributed by atoms with Crippen LogP contribution >= 0.6 is 0 Å². The van der Waals surface area contributed by atoms with Crippen molar-refractivity contribution in [3.8, 4) is 0 Å². The van der Waals surface area contributed by atoms with Crippen molar-refractivity contribution in [3.05, 3.63) is 11.4 Å². The summed E-state index contributed by atoms with van der Waals surface area (Å²) in [5.41, 5.74) is 0.933. The zero-order valence-electron chi connectivity index (χ0n) is 13.2. The number of likely N-dealkylation sites (N-methyl/N-ethyl adjacent to an activating group) is 1. The van der Waals surface area contributed by atoms with Gasteiger partial charge in [0.15, 0.2) is 0 Å². The Bertz CT molecular complexity index is 473. The van der Waals surface area contributed by atoms with Crippen LogP contribution in [0.2, 0.25) is 0 Å². The third-order valence-electron chi connectivity index (χ3n) is 3.02. The summed E-state index contributed by atoms with van der Waals surface area (Å²) < 4.78 is 0. The van der Waals surface area contributed by atoms with E-state index in [0.29, 0.717) is 0 Å². The third-order valence-corrected chi connectivity index (χ3v) is 3.02. The standard InChI is InChI=1S/C14H25N5O/c1-7-11-17-12(15-8-2)9(3)13(18-11)16-10(4)14(20)19(5)6/h10H,7-8H2,1-6H3,(H2,15,16,17,18).